The molecule has 1 aliphatic rings. The summed E-state index contributed by atoms with van der Waals surface area (Å²) in [5.74, 6) is -0.296. The highest BCUT2D eigenvalue weighted by Gasteiger charge is 2.29. The number of aryl methyl sites for hydroxylation is 2. The summed E-state index contributed by atoms with van der Waals surface area (Å²) in [5.41, 5.74) is 3.74. The van der Waals surface area contributed by atoms with Gasteiger partial charge in [0, 0.05) is 25.7 Å². The molecule has 1 aliphatic heterocycles. The van der Waals surface area contributed by atoms with Gasteiger partial charge in [0.15, 0.2) is 0 Å². The quantitative estimate of drug-likeness (QED) is 0.668. The predicted molar refractivity (Wildman–Crippen MR) is 107 cm³/mol. The van der Waals surface area contributed by atoms with Crippen LogP contribution in [0, 0.1) is 6.92 Å². The van der Waals surface area contributed by atoms with Gasteiger partial charge in [0.1, 0.15) is 0 Å². The second kappa shape index (κ2) is 7.90. The van der Waals surface area contributed by atoms with Crippen molar-refractivity contribution in [2.24, 2.45) is 0 Å². The minimum Gasteiger partial charge on any atom is -0.348 e. The van der Waals surface area contributed by atoms with Gasteiger partial charge in [-0.3, -0.25) is 19.0 Å². The Kier molecular flexibility index (Phi) is 5.16. The lowest BCUT2D eigenvalue weighted by molar-refractivity contribution is 0.0934. The van der Waals surface area contributed by atoms with E-state index in [9.17, 15) is 9.59 Å². The van der Waals surface area contributed by atoms with Crippen LogP contribution in [0.5, 0.6) is 0 Å². The van der Waals surface area contributed by atoms with Crippen molar-refractivity contribution in [3.63, 3.8) is 0 Å². The van der Waals surface area contributed by atoms with Crippen molar-refractivity contribution in [2.75, 3.05) is 0 Å². The molecule has 1 atom stereocenters. The molecule has 0 bridgehead atoms. The average molecular weight is 392 g/mol. The number of rotatable bonds is 6. The number of aromatic nitrogens is 4. The van der Waals surface area contributed by atoms with Crippen molar-refractivity contribution in [1.29, 1.82) is 0 Å². The first-order chi connectivity index (χ1) is 14.0. The maximum atomic E-state index is 12.6. The molecule has 0 saturated heterocycles. The van der Waals surface area contributed by atoms with Gasteiger partial charge in [-0.2, -0.15) is 10.2 Å². The summed E-state index contributed by atoms with van der Waals surface area (Å²) >= 11 is 0. The Balaban J connectivity index is 1.39. The number of nitrogens with zero attached hydrogens (tertiary/aromatic N) is 4. The zero-order valence-electron chi connectivity index (χ0n) is 16.6. The summed E-state index contributed by atoms with van der Waals surface area (Å²) in [6.07, 6.45) is 3.94. The Labute approximate surface area is 168 Å². The minimum absolute atomic E-state index is 0.101. The second-order valence-corrected chi connectivity index (χ2v) is 7.21. The Morgan fingerprint density at radius 3 is 2.69 bits per heavy atom. The van der Waals surface area contributed by atoms with Crippen LogP contribution in [0.15, 0.2) is 42.7 Å². The highest BCUT2D eigenvalue weighted by Crippen LogP contribution is 2.20. The van der Waals surface area contributed by atoms with Crippen LogP contribution in [-0.4, -0.2) is 37.4 Å². The third-order valence-electron chi connectivity index (χ3n) is 5.17. The maximum Gasteiger partial charge on any atom is 0.255 e. The molecule has 29 heavy (non-hydrogen) atoms. The van der Waals surface area contributed by atoms with Crippen LogP contribution < -0.4 is 10.6 Å². The van der Waals surface area contributed by atoms with Crippen LogP contribution in [0.1, 0.15) is 44.6 Å². The minimum atomic E-state index is -0.151. The molecule has 1 aromatic carbocycles. The highest BCUT2D eigenvalue weighted by molar-refractivity contribution is 5.96. The Morgan fingerprint density at radius 1 is 1.17 bits per heavy atom. The number of carbonyl (C=O) groups is 2. The van der Waals surface area contributed by atoms with Crippen molar-refractivity contribution in [2.45, 2.75) is 45.9 Å². The van der Waals surface area contributed by atoms with Crippen molar-refractivity contribution >= 4 is 11.8 Å². The maximum absolute atomic E-state index is 12.6. The molecule has 2 N–H and O–H groups in total. The first-order valence-electron chi connectivity index (χ1n) is 9.77. The van der Waals surface area contributed by atoms with E-state index in [-0.39, 0.29) is 17.9 Å². The average Bonchev–Trinajstić information content (AvgIpc) is 3.40. The molecule has 8 heteroatoms. The van der Waals surface area contributed by atoms with E-state index in [4.69, 9.17) is 0 Å². The molecule has 0 aliphatic carbocycles. The monoisotopic (exact) mass is 392 g/mol. The first-order valence-corrected chi connectivity index (χ1v) is 9.77. The number of amides is 2. The molecule has 2 amide bonds. The van der Waals surface area contributed by atoms with Crippen molar-refractivity contribution < 1.29 is 9.59 Å². The molecule has 4 rings (SSSR count). The Hall–Kier alpha value is -3.42. The summed E-state index contributed by atoms with van der Waals surface area (Å²) in [6, 6.07) is 9.67. The van der Waals surface area contributed by atoms with Crippen LogP contribution in [0.4, 0.5) is 0 Å². The molecule has 8 nitrogen and oxygen atoms in total. The van der Waals surface area contributed by atoms with Crippen LogP contribution in [0.2, 0.25) is 0 Å². The fraction of sp³-hybridized carbons (Fsp3) is 0.333. The Morgan fingerprint density at radius 2 is 1.97 bits per heavy atom. The Bertz CT molecular complexity index is 1040. The zero-order chi connectivity index (χ0) is 20.4. The summed E-state index contributed by atoms with van der Waals surface area (Å²) in [5, 5.41) is 14.6. The molecule has 0 radical (unpaired) electrons. The van der Waals surface area contributed by atoms with Gasteiger partial charge < -0.3 is 10.6 Å². The first kappa shape index (κ1) is 18.9. The number of nitrogens with one attached hydrogen (secondary N) is 2. The molecule has 0 spiro atoms. The molecular weight excluding hydrogens is 368 g/mol. The largest absolute Gasteiger partial charge is 0.348 e. The van der Waals surface area contributed by atoms with E-state index in [1.165, 1.54) is 0 Å². The van der Waals surface area contributed by atoms with E-state index < -0.39 is 0 Å². The van der Waals surface area contributed by atoms with Crippen LogP contribution >= 0.6 is 0 Å². The summed E-state index contributed by atoms with van der Waals surface area (Å²) in [7, 11) is 0. The topological polar surface area (TPSA) is 93.8 Å². The van der Waals surface area contributed by atoms with Crippen molar-refractivity contribution in [3.8, 4) is 0 Å². The van der Waals surface area contributed by atoms with Crippen LogP contribution in [0.3, 0.4) is 0 Å². The standard InChI is InChI=1S/C21H24N6O2/c1-3-26-13-18(14(2)25-26)21(29)24-16-9-19-17(11-23-27(19)12-16)20(28)22-10-15-7-5-4-6-8-15/h4-8,11,13,16H,3,9-10,12H2,1-2H3,(H,22,28)(H,24,29). The normalized spacial score (nSPS) is 15.2. The lowest BCUT2D eigenvalue weighted by Gasteiger charge is -2.11. The third-order valence-corrected chi connectivity index (χ3v) is 5.17. The van der Waals surface area contributed by atoms with E-state index in [1.807, 2.05) is 44.2 Å². The highest BCUT2D eigenvalue weighted by atomic mass is 16.2. The van der Waals surface area contributed by atoms with E-state index >= 15 is 0 Å². The molecule has 0 fully saturated rings. The van der Waals surface area contributed by atoms with Crippen molar-refractivity contribution in [3.05, 3.63) is 70.8 Å². The second-order valence-electron chi connectivity index (χ2n) is 7.21. The third kappa shape index (κ3) is 3.91. The predicted octanol–water partition coefficient (Wildman–Crippen LogP) is 1.69. The number of fused-ring (bicyclic) bond motifs is 1. The van der Waals surface area contributed by atoms with Crippen LogP contribution in [0.25, 0.3) is 0 Å². The molecule has 1 unspecified atom stereocenters. The molecule has 3 heterocycles. The smallest absolute Gasteiger partial charge is 0.255 e. The SMILES string of the molecule is CCn1cc(C(=O)NC2Cc3c(C(=O)NCc4ccccc4)cnn3C2)c(C)n1. The van der Waals surface area contributed by atoms with E-state index in [2.05, 4.69) is 20.8 Å². The van der Waals surface area contributed by atoms with Crippen LogP contribution in [-0.2, 0) is 26.1 Å². The van der Waals surface area contributed by atoms with E-state index in [0.29, 0.717) is 42.9 Å². The van der Waals surface area contributed by atoms with E-state index in [0.717, 1.165) is 11.3 Å². The fourth-order valence-corrected chi connectivity index (χ4v) is 3.62. The summed E-state index contributed by atoms with van der Waals surface area (Å²) in [6.45, 7) is 5.54. The van der Waals surface area contributed by atoms with Gasteiger partial charge in [0.2, 0.25) is 0 Å². The molecular formula is C21H24N6O2. The van der Waals surface area contributed by atoms with Gasteiger partial charge in [-0.05, 0) is 19.4 Å². The zero-order valence-corrected chi connectivity index (χ0v) is 16.6. The number of carbonyl (C=O) groups excluding carboxylic acids is 2. The summed E-state index contributed by atoms with van der Waals surface area (Å²) in [4.78, 5) is 25.2. The molecule has 3 aromatic rings. The number of benzene rings is 1. The van der Waals surface area contributed by atoms with Gasteiger partial charge >= 0.3 is 0 Å². The summed E-state index contributed by atoms with van der Waals surface area (Å²) < 4.78 is 3.55. The van der Waals surface area contributed by atoms with Gasteiger partial charge in [-0.15, -0.1) is 0 Å². The lowest BCUT2D eigenvalue weighted by Crippen LogP contribution is -2.36. The van der Waals surface area contributed by atoms with Gasteiger partial charge in [0.05, 0.1) is 41.3 Å². The lowest BCUT2D eigenvalue weighted by atomic mass is 10.1. The van der Waals surface area contributed by atoms with Gasteiger partial charge in [-0.25, -0.2) is 0 Å². The fourth-order valence-electron chi connectivity index (χ4n) is 3.62. The van der Waals surface area contributed by atoms with E-state index in [1.54, 1.807) is 21.8 Å². The molecule has 0 saturated carbocycles. The number of hydrogen-bond acceptors (Lipinski definition) is 4. The molecule has 150 valence electrons. The van der Waals surface area contributed by atoms with Crippen molar-refractivity contribution in [1.82, 2.24) is 30.2 Å². The van der Waals surface area contributed by atoms with Gasteiger partial charge in [0.25, 0.3) is 11.8 Å². The van der Waals surface area contributed by atoms with Gasteiger partial charge in [-0.1, -0.05) is 30.3 Å². The molecule has 2 aromatic heterocycles. The number of hydrogen-bond donors (Lipinski definition) is 2.